The summed E-state index contributed by atoms with van der Waals surface area (Å²) in [6, 6.07) is 143. The number of ether oxygens (including phenoxy) is 2. The molecule has 6 heteroatoms. The summed E-state index contributed by atoms with van der Waals surface area (Å²) in [5, 5.41) is 0. The Bertz CT molecular complexity index is 6730. The average Bonchev–Trinajstić information content (AvgIpc) is 1.49. The Morgan fingerprint density at radius 1 is 0.152 bits per heavy atom. The summed E-state index contributed by atoms with van der Waals surface area (Å²) in [4.78, 5) is 21.3. The predicted molar refractivity (Wildman–Crippen MR) is 452 cm³/mol. The third-order valence-electron chi connectivity index (χ3n) is 23.3. The number of aromatic nitrogens is 4. The van der Waals surface area contributed by atoms with E-state index in [0.29, 0.717) is 11.6 Å². The van der Waals surface area contributed by atoms with Crippen LogP contribution in [0.1, 0.15) is 44.5 Å². The van der Waals surface area contributed by atoms with Gasteiger partial charge in [-0.15, -0.1) is 0 Å². The van der Waals surface area contributed by atoms with Crippen LogP contribution in [0.3, 0.4) is 0 Å². The Morgan fingerprint density at radius 2 is 0.464 bits per heavy atom. The number of para-hydroxylation sites is 2. The molecule has 2 aliphatic carbocycles. The largest absolute Gasteiger partial charge is 0.457 e. The quantitative estimate of drug-likeness (QED) is 0.129. The van der Waals surface area contributed by atoms with Crippen LogP contribution in [0.4, 0.5) is 0 Å². The molecule has 0 saturated carbocycles. The summed E-state index contributed by atoms with van der Waals surface area (Å²) in [7, 11) is 0. The lowest BCUT2D eigenvalue weighted by Gasteiger charge is -2.39. The van der Waals surface area contributed by atoms with Gasteiger partial charge >= 0.3 is 0 Å². The SMILES string of the molecule is c1ccc(-c2cc(-c3cccc(-c4ccc(-c5ccc6c(c5)Oc5ccccc5C65c6ccccc6-c6ccccc65)cc4)c3)nc(-c3cccc(-c4ccc5c(c4)-c4ccccc4C54c5ccccc5Oc5cc(-c6ccccc6-c6ccccc6-c6cc(-c7ccccc7)nc(-c7ccccc7)n6)ccc54)c3)n2)cc1. The molecule has 522 valence electrons. The van der Waals surface area contributed by atoms with Crippen LogP contribution < -0.4 is 9.47 Å². The summed E-state index contributed by atoms with van der Waals surface area (Å²) < 4.78 is 14.1. The van der Waals surface area contributed by atoms with Crippen LogP contribution in [-0.2, 0) is 10.8 Å². The van der Waals surface area contributed by atoms with E-state index in [9.17, 15) is 0 Å². The fourth-order valence-corrected chi connectivity index (χ4v) is 18.3. The normalized spacial score (nSPS) is 14.0. The zero-order chi connectivity index (χ0) is 73.9. The van der Waals surface area contributed by atoms with Crippen LogP contribution in [0.15, 0.2) is 400 Å². The number of benzene rings is 16. The summed E-state index contributed by atoms with van der Waals surface area (Å²) in [6.45, 7) is 0. The van der Waals surface area contributed by atoms with Gasteiger partial charge in [0.25, 0.3) is 0 Å². The van der Waals surface area contributed by atoms with Crippen molar-refractivity contribution in [2.45, 2.75) is 10.8 Å². The fourth-order valence-electron chi connectivity index (χ4n) is 18.3. The minimum atomic E-state index is -0.696. The van der Waals surface area contributed by atoms with Gasteiger partial charge in [0.2, 0.25) is 0 Å². The van der Waals surface area contributed by atoms with Gasteiger partial charge in [0.05, 0.1) is 33.6 Å². The molecular formula is C106H66N4O2. The molecular weight excluding hydrogens is 1360 g/mol. The first-order chi connectivity index (χ1) is 55.5. The van der Waals surface area contributed by atoms with Gasteiger partial charge in [-0.05, 0) is 155 Å². The van der Waals surface area contributed by atoms with E-state index in [-0.39, 0.29) is 0 Å². The number of rotatable bonds is 11. The van der Waals surface area contributed by atoms with Crippen LogP contribution in [0.2, 0.25) is 0 Å². The summed E-state index contributed by atoms with van der Waals surface area (Å²) in [5.74, 6) is 4.71. The Hall–Kier alpha value is -14.7. The lowest BCUT2D eigenvalue weighted by molar-refractivity contribution is 0.436. The van der Waals surface area contributed by atoms with Crippen molar-refractivity contribution in [1.82, 2.24) is 19.9 Å². The first-order valence-electron chi connectivity index (χ1n) is 38.2. The Balaban J connectivity index is 0.593. The Labute approximate surface area is 649 Å². The molecule has 0 amide bonds. The van der Waals surface area contributed by atoms with Crippen molar-refractivity contribution >= 4 is 0 Å². The predicted octanol–water partition coefficient (Wildman–Crippen LogP) is 26.5. The van der Waals surface area contributed by atoms with Crippen LogP contribution >= 0.6 is 0 Å². The molecule has 22 rings (SSSR count). The summed E-state index contributed by atoms with van der Waals surface area (Å²) in [6.07, 6.45) is 0. The Morgan fingerprint density at radius 3 is 1.02 bits per heavy atom. The fraction of sp³-hybridized carbons (Fsp3) is 0.0189. The van der Waals surface area contributed by atoms with Gasteiger partial charge in [-0.3, -0.25) is 0 Å². The first kappa shape index (κ1) is 64.5. The second kappa shape index (κ2) is 26.0. The van der Waals surface area contributed by atoms with Crippen molar-refractivity contribution in [3.63, 3.8) is 0 Å². The average molecular weight is 1430 g/mol. The standard InChI is InChI=1S/C106H66N4O2/c1-4-26-69(27-5-1)95-65-97(77-34-24-32-72(60-77)67-50-52-68(53-51-67)75-55-58-93-101(63-75)111-99-48-22-20-46-91(99)105(93)87-43-17-14-39-82(87)83-40-15-18-44-88(83)105)109-104(108-95)78-35-25-33-73(61-78)74-54-57-90-86(62-74)84-41-16-19-45-89(84)106(90)92-47-21-23-49-100(92)112-102-64-76(56-59-94(102)106)79-36-10-11-37-80(79)81-38-12-13-42-85(81)98-66-96(70-28-6-2-7-29-70)107-103(110-98)71-30-8-3-9-31-71/h1-66H. The first-order valence-corrected chi connectivity index (χ1v) is 38.2. The second-order valence-electron chi connectivity index (χ2n) is 29.4. The molecule has 1 atom stereocenters. The highest BCUT2D eigenvalue weighted by atomic mass is 16.5. The molecule has 2 aromatic heterocycles. The molecule has 0 N–H and O–H groups in total. The van der Waals surface area contributed by atoms with E-state index in [0.717, 1.165) is 157 Å². The molecule has 16 aromatic carbocycles. The van der Waals surface area contributed by atoms with Gasteiger partial charge in [0, 0.05) is 55.6 Å². The lowest BCUT2D eigenvalue weighted by Crippen LogP contribution is -2.32. The molecule has 4 heterocycles. The van der Waals surface area contributed by atoms with Gasteiger partial charge in [-0.2, -0.15) is 0 Å². The second-order valence-corrected chi connectivity index (χ2v) is 29.4. The van der Waals surface area contributed by atoms with E-state index >= 15 is 0 Å². The highest BCUT2D eigenvalue weighted by Gasteiger charge is 2.53. The number of fused-ring (bicyclic) bond motifs is 18. The van der Waals surface area contributed by atoms with Crippen molar-refractivity contribution in [1.29, 1.82) is 0 Å². The number of nitrogens with zero attached hydrogens (tertiary/aromatic N) is 4. The van der Waals surface area contributed by atoms with Crippen molar-refractivity contribution in [2.75, 3.05) is 0 Å². The third-order valence-corrected chi connectivity index (χ3v) is 23.3. The van der Waals surface area contributed by atoms with Gasteiger partial charge < -0.3 is 9.47 Å². The van der Waals surface area contributed by atoms with Crippen molar-refractivity contribution in [2.24, 2.45) is 0 Å². The van der Waals surface area contributed by atoms with E-state index in [1.165, 1.54) is 44.5 Å². The van der Waals surface area contributed by atoms with Crippen LogP contribution in [-0.4, -0.2) is 19.9 Å². The van der Waals surface area contributed by atoms with Crippen LogP contribution in [0, 0.1) is 0 Å². The minimum Gasteiger partial charge on any atom is -0.457 e. The van der Waals surface area contributed by atoms with E-state index < -0.39 is 10.8 Å². The zero-order valence-corrected chi connectivity index (χ0v) is 60.7. The van der Waals surface area contributed by atoms with E-state index in [1.54, 1.807) is 0 Å². The van der Waals surface area contributed by atoms with E-state index in [2.05, 4.69) is 370 Å². The third kappa shape index (κ3) is 10.3. The van der Waals surface area contributed by atoms with Crippen molar-refractivity contribution in [3.05, 3.63) is 445 Å². The molecule has 2 spiro atoms. The number of hydrogen-bond donors (Lipinski definition) is 0. The highest BCUT2D eigenvalue weighted by molar-refractivity contribution is 5.96. The van der Waals surface area contributed by atoms with Gasteiger partial charge in [-0.1, -0.05) is 346 Å². The highest BCUT2D eigenvalue weighted by Crippen LogP contribution is 2.65. The van der Waals surface area contributed by atoms with E-state index in [1.807, 2.05) is 30.3 Å². The van der Waals surface area contributed by atoms with Crippen LogP contribution in [0.5, 0.6) is 23.0 Å². The van der Waals surface area contributed by atoms with Crippen LogP contribution in [0.25, 0.3) is 146 Å². The maximum Gasteiger partial charge on any atom is 0.160 e. The topological polar surface area (TPSA) is 70.0 Å². The zero-order valence-electron chi connectivity index (χ0n) is 60.7. The van der Waals surface area contributed by atoms with Gasteiger partial charge in [0.1, 0.15) is 23.0 Å². The molecule has 2 aliphatic heterocycles. The molecule has 0 radical (unpaired) electrons. The molecule has 6 nitrogen and oxygen atoms in total. The van der Waals surface area contributed by atoms with Gasteiger partial charge in [-0.25, -0.2) is 19.9 Å². The maximum atomic E-state index is 7.18. The lowest BCUT2D eigenvalue weighted by atomic mass is 9.66. The molecule has 4 aliphatic rings. The summed E-state index contributed by atoms with van der Waals surface area (Å²) in [5.41, 5.74) is 33.3. The Kier molecular flexibility index (Phi) is 15.0. The molecule has 1 unspecified atom stereocenters. The maximum absolute atomic E-state index is 7.18. The van der Waals surface area contributed by atoms with Crippen molar-refractivity contribution < 1.29 is 9.47 Å². The molecule has 0 bridgehead atoms. The molecule has 112 heavy (non-hydrogen) atoms. The molecule has 0 saturated heterocycles. The smallest absolute Gasteiger partial charge is 0.160 e. The molecule has 0 fully saturated rings. The van der Waals surface area contributed by atoms with Crippen molar-refractivity contribution in [3.8, 4) is 169 Å². The van der Waals surface area contributed by atoms with E-state index in [4.69, 9.17) is 29.4 Å². The molecule has 18 aromatic rings. The van der Waals surface area contributed by atoms with Gasteiger partial charge in [0.15, 0.2) is 11.6 Å². The monoisotopic (exact) mass is 1430 g/mol. The number of hydrogen-bond acceptors (Lipinski definition) is 6. The summed E-state index contributed by atoms with van der Waals surface area (Å²) >= 11 is 0. The minimum absolute atomic E-state index is 0.508.